The predicted molar refractivity (Wildman–Crippen MR) is 104 cm³/mol. The van der Waals surface area contributed by atoms with E-state index >= 15 is 0 Å². The number of hydrogen-bond acceptors (Lipinski definition) is 3. The van der Waals surface area contributed by atoms with Gasteiger partial charge in [0.1, 0.15) is 18.1 Å². The van der Waals surface area contributed by atoms with Gasteiger partial charge < -0.3 is 4.57 Å². The maximum absolute atomic E-state index is 13.0. The molecule has 144 valence electrons. The molecule has 0 spiro atoms. The number of alkyl halides is 3. The summed E-state index contributed by atoms with van der Waals surface area (Å²) < 4.78 is 41.7. The van der Waals surface area contributed by atoms with E-state index in [1.165, 1.54) is 0 Å². The molecule has 2 aromatic heterocycles. The van der Waals surface area contributed by atoms with Crippen molar-refractivity contribution in [2.45, 2.75) is 44.8 Å². The number of nitrogens with zero attached hydrogens (tertiary/aromatic N) is 3. The van der Waals surface area contributed by atoms with E-state index < -0.39 is 18.0 Å². The first-order chi connectivity index (χ1) is 12.7. The highest BCUT2D eigenvalue weighted by molar-refractivity contribution is 9.11. The van der Waals surface area contributed by atoms with Gasteiger partial charge in [-0.05, 0) is 53.9 Å². The smallest absolute Gasteiger partial charge is 0.314 e. The molecule has 0 aliphatic rings. The first-order valence-corrected chi connectivity index (χ1v) is 10.1. The van der Waals surface area contributed by atoms with Gasteiger partial charge in [-0.2, -0.15) is 13.2 Å². The first-order valence-electron chi connectivity index (χ1n) is 8.46. The summed E-state index contributed by atoms with van der Waals surface area (Å²) in [6.45, 7) is 4.32. The van der Waals surface area contributed by atoms with Crippen LogP contribution in [-0.4, -0.2) is 20.9 Å². The molecule has 0 saturated heterocycles. The summed E-state index contributed by atoms with van der Waals surface area (Å²) in [6, 6.07) is 13.6. The minimum atomic E-state index is -4.33. The van der Waals surface area contributed by atoms with Crippen LogP contribution in [0, 0.1) is 0 Å². The minimum Gasteiger partial charge on any atom is -0.314 e. The highest BCUT2D eigenvalue weighted by Gasteiger charge is 2.36. The van der Waals surface area contributed by atoms with Gasteiger partial charge in [0.25, 0.3) is 0 Å². The van der Waals surface area contributed by atoms with Crippen molar-refractivity contribution < 1.29 is 13.2 Å². The van der Waals surface area contributed by atoms with E-state index in [9.17, 15) is 13.2 Å². The number of rotatable bonds is 6. The Morgan fingerprint density at radius 3 is 2.33 bits per heavy atom. The first kappa shape index (κ1) is 20.1. The summed E-state index contributed by atoms with van der Waals surface area (Å²) in [5.41, 5.74) is 0.510. The lowest BCUT2D eigenvalue weighted by Gasteiger charge is -2.24. The molecule has 0 saturated carbocycles. The lowest BCUT2D eigenvalue weighted by molar-refractivity contribution is -0.129. The summed E-state index contributed by atoms with van der Waals surface area (Å²) in [5, 5.41) is 8.07. The fourth-order valence-electron chi connectivity index (χ4n) is 2.99. The van der Waals surface area contributed by atoms with Crippen molar-refractivity contribution in [3.63, 3.8) is 0 Å². The normalized spacial score (nSPS) is 12.5. The fraction of sp³-hybridized carbons (Fsp3) is 0.368. The van der Waals surface area contributed by atoms with E-state index in [4.69, 9.17) is 0 Å². The van der Waals surface area contributed by atoms with Crippen LogP contribution < -0.4 is 0 Å². The van der Waals surface area contributed by atoms with Crippen molar-refractivity contribution in [1.29, 1.82) is 0 Å². The average Bonchev–Trinajstić information content (AvgIpc) is 3.19. The molecule has 0 atom stereocenters. The van der Waals surface area contributed by atoms with Crippen molar-refractivity contribution in [1.82, 2.24) is 14.8 Å². The van der Waals surface area contributed by atoms with Crippen LogP contribution >= 0.6 is 27.3 Å². The number of thiophene rings is 1. The molecule has 8 heteroatoms. The number of halogens is 4. The summed E-state index contributed by atoms with van der Waals surface area (Å²) in [6.07, 6.45) is -4.80. The Hall–Kier alpha value is -1.67. The van der Waals surface area contributed by atoms with Crippen molar-refractivity contribution >= 4 is 27.3 Å². The molecule has 1 aromatic carbocycles. The van der Waals surface area contributed by atoms with Crippen LogP contribution in [0.3, 0.4) is 0 Å². The number of hydrogen-bond donors (Lipinski definition) is 0. The SMILES string of the molecule is CC(C)(c1ccc(Br)s1)c1nnc(CC(F)(F)F)n1CCc1ccccc1. The van der Waals surface area contributed by atoms with Crippen LogP contribution in [0.15, 0.2) is 46.3 Å². The molecule has 3 nitrogen and oxygen atoms in total. The third kappa shape index (κ3) is 4.79. The Bertz CT molecular complexity index is 901. The third-order valence-corrected chi connectivity index (χ3v) is 6.35. The number of benzene rings is 1. The molecule has 3 aromatic rings. The Kier molecular flexibility index (Phi) is 5.76. The van der Waals surface area contributed by atoms with Crippen molar-refractivity contribution in [3.05, 3.63) is 68.3 Å². The van der Waals surface area contributed by atoms with E-state index in [-0.39, 0.29) is 5.82 Å². The molecule has 3 rings (SSSR count). The zero-order valence-corrected chi connectivity index (χ0v) is 17.3. The van der Waals surface area contributed by atoms with Gasteiger partial charge >= 0.3 is 6.18 Å². The van der Waals surface area contributed by atoms with Gasteiger partial charge in [-0.15, -0.1) is 21.5 Å². The van der Waals surface area contributed by atoms with Crippen LogP contribution in [0.2, 0.25) is 0 Å². The van der Waals surface area contributed by atoms with Gasteiger partial charge in [0.15, 0.2) is 0 Å². The van der Waals surface area contributed by atoms with Gasteiger partial charge in [0, 0.05) is 11.4 Å². The monoisotopic (exact) mass is 457 g/mol. The standard InChI is InChI=1S/C19H19BrF3N3S/c1-18(2,14-8-9-15(20)27-14)17-25-24-16(12-19(21,22)23)26(17)11-10-13-6-4-3-5-7-13/h3-9H,10-12H2,1-2H3. The predicted octanol–water partition coefficient (Wildman–Crippen LogP) is 5.78. The molecule has 27 heavy (non-hydrogen) atoms. The van der Waals surface area contributed by atoms with E-state index in [2.05, 4.69) is 26.1 Å². The second kappa shape index (κ2) is 7.75. The van der Waals surface area contributed by atoms with E-state index in [1.54, 1.807) is 15.9 Å². The molecule has 2 heterocycles. The number of aromatic nitrogens is 3. The third-order valence-electron chi connectivity index (χ3n) is 4.40. The summed E-state index contributed by atoms with van der Waals surface area (Å²) in [4.78, 5) is 1.02. The van der Waals surface area contributed by atoms with Gasteiger partial charge in [-0.1, -0.05) is 30.3 Å². The molecular formula is C19H19BrF3N3S. The second-order valence-electron chi connectivity index (χ2n) is 6.85. The fourth-order valence-corrected chi connectivity index (χ4v) is 4.47. The highest BCUT2D eigenvalue weighted by atomic mass is 79.9. The number of aryl methyl sites for hydroxylation is 1. The quantitative estimate of drug-likeness (QED) is 0.469. The maximum atomic E-state index is 13.0. The van der Waals surface area contributed by atoms with Crippen LogP contribution in [0.25, 0.3) is 0 Å². The van der Waals surface area contributed by atoms with Crippen molar-refractivity contribution in [2.24, 2.45) is 0 Å². The van der Waals surface area contributed by atoms with Gasteiger partial charge in [-0.3, -0.25) is 0 Å². The van der Waals surface area contributed by atoms with Gasteiger partial charge in [0.05, 0.1) is 9.20 Å². The lowest BCUT2D eigenvalue weighted by atomic mass is 9.90. The van der Waals surface area contributed by atoms with Gasteiger partial charge in [0.2, 0.25) is 0 Å². The van der Waals surface area contributed by atoms with E-state index in [0.717, 1.165) is 14.2 Å². The largest absolute Gasteiger partial charge is 0.396 e. The van der Waals surface area contributed by atoms with Crippen molar-refractivity contribution in [2.75, 3.05) is 0 Å². The van der Waals surface area contributed by atoms with Crippen LogP contribution in [0.5, 0.6) is 0 Å². The maximum Gasteiger partial charge on any atom is 0.396 e. The molecule has 0 bridgehead atoms. The Morgan fingerprint density at radius 2 is 1.74 bits per heavy atom. The zero-order chi connectivity index (χ0) is 19.7. The molecule has 0 aliphatic carbocycles. The minimum absolute atomic E-state index is 0.0443. The highest BCUT2D eigenvalue weighted by Crippen LogP contribution is 2.37. The van der Waals surface area contributed by atoms with E-state index in [1.807, 2.05) is 56.3 Å². The Balaban J connectivity index is 1.97. The second-order valence-corrected chi connectivity index (χ2v) is 9.31. The molecule has 0 amide bonds. The van der Waals surface area contributed by atoms with E-state index in [0.29, 0.717) is 18.8 Å². The molecule has 0 radical (unpaired) electrons. The summed E-state index contributed by atoms with van der Waals surface area (Å²) >= 11 is 5.00. The Labute approximate surface area is 168 Å². The molecule has 0 aliphatic heterocycles. The molecular weight excluding hydrogens is 439 g/mol. The Morgan fingerprint density at radius 1 is 1.04 bits per heavy atom. The topological polar surface area (TPSA) is 30.7 Å². The summed E-state index contributed by atoms with van der Waals surface area (Å²) in [7, 11) is 0. The molecule has 0 N–H and O–H groups in total. The zero-order valence-electron chi connectivity index (χ0n) is 14.9. The van der Waals surface area contributed by atoms with Gasteiger partial charge in [-0.25, -0.2) is 0 Å². The molecule has 0 unspecified atom stereocenters. The van der Waals surface area contributed by atoms with Crippen LogP contribution in [-0.2, 0) is 24.8 Å². The van der Waals surface area contributed by atoms with Crippen LogP contribution in [0.1, 0.15) is 35.9 Å². The van der Waals surface area contributed by atoms with Crippen molar-refractivity contribution in [3.8, 4) is 0 Å². The molecule has 0 fully saturated rings. The average molecular weight is 458 g/mol. The lowest BCUT2D eigenvalue weighted by Crippen LogP contribution is -2.26. The van der Waals surface area contributed by atoms with Crippen LogP contribution in [0.4, 0.5) is 13.2 Å². The summed E-state index contributed by atoms with van der Waals surface area (Å²) in [5.74, 6) is 0.504.